The van der Waals surface area contributed by atoms with Crippen LogP contribution in [-0.2, 0) is 29.2 Å². The number of carbonyl (C=O) groups excluding carboxylic acids is 2. The number of benzene rings is 2. The fourth-order valence-corrected chi connectivity index (χ4v) is 4.89. The lowest BCUT2D eigenvalue weighted by Crippen LogP contribution is -2.28. The van der Waals surface area contributed by atoms with Gasteiger partial charge in [-0.25, -0.2) is 4.79 Å². The third-order valence-electron chi connectivity index (χ3n) is 5.72. The summed E-state index contributed by atoms with van der Waals surface area (Å²) in [5.74, 6) is -1.60. The van der Waals surface area contributed by atoms with Crippen molar-refractivity contribution in [1.82, 2.24) is 0 Å². The Balaban J connectivity index is 0.000000423. The second-order valence-electron chi connectivity index (χ2n) is 8.49. The maximum atomic E-state index is 12.9. The van der Waals surface area contributed by atoms with Crippen LogP contribution in [0.1, 0.15) is 45.1 Å². The largest absolute Gasteiger partial charge is 0.463 e. The molecule has 0 saturated heterocycles. The van der Waals surface area contributed by atoms with Gasteiger partial charge >= 0.3 is 5.97 Å². The molecule has 0 aliphatic heterocycles. The quantitative estimate of drug-likeness (QED) is 0.236. The number of halogens is 1. The van der Waals surface area contributed by atoms with Gasteiger partial charge in [0.2, 0.25) is 0 Å². The third-order valence-corrected chi connectivity index (χ3v) is 6.93. The number of aliphatic hydroxyl groups is 1. The van der Waals surface area contributed by atoms with Crippen molar-refractivity contribution in [3.05, 3.63) is 87.5 Å². The molecule has 2 N–H and O–H groups in total. The molecule has 0 heterocycles. The molecule has 2 aromatic rings. The van der Waals surface area contributed by atoms with Crippen LogP contribution in [0.15, 0.2) is 81.8 Å². The van der Waals surface area contributed by atoms with Crippen molar-refractivity contribution in [2.24, 2.45) is 0 Å². The summed E-state index contributed by atoms with van der Waals surface area (Å²) in [6, 6.07) is 14.5. The van der Waals surface area contributed by atoms with E-state index in [1.54, 1.807) is 43.3 Å². The fraction of sp³-hybridized carbons (Fsp3) is 0.357. The zero-order valence-corrected chi connectivity index (χ0v) is 23.2. The van der Waals surface area contributed by atoms with Gasteiger partial charge in [-0.3, -0.25) is 9.35 Å². The molecule has 0 saturated carbocycles. The number of esters is 1. The molecule has 206 valence electrons. The highest BCUT2D eigenvalue weighted by Crippen LogP contribution is 2.44. The molecule has 1 aliphatic carbocycles. The minimum Gasteiger partial charge on any atom is -0.463 e. The summed E-state index contributed by atoms with van der Waals surface area (Å²) in [5.41, 5.74) is 3.00. The molecule has 0 amide bonds. The molecule has 8 nitrogen and oxygen atoms in total. The molecule has 0 spiro atoms. The minimum atomic E-state index is -4.00. The molecular formula is C28H33ClO8S. The number of hydrogen-bond donors (Lipinski definition) is 2. The average molecular weight is 565 g/mol. The standard InChI is InChI=1S/C22H27ClO5.C6H6O3S/c1-4-10-27-13-15-11-14(3)19(18(25)12-24)21(20(15)22(26)28-5-2)16-8-6-7-9-17(16)23;7-10(8,9)6-4-2-1-3-5-6/h6-9,21,24H,4-5,10-13H2,1-3H3;1-5H,(H,7,8,9). The van der Waals surface area contributed by atoms with Crippen LogP contribution in [0.3, 0.4) is 0 Å². The van der Waals surface area contributed by atoms with Crippen LogP contribution >= 0.6 is 11.6 Å². The van der Waals surface area contributed by atoms with E-state index < -0.39 is 34.4 Å². The van der Waals surface area contributed by atoms with E-state index in [-0.39, 0.29) is 18.1 Å². The van der Waals surface area contributed by atoms with Gasteiger partial charge in [0.1, 0.15) is 6.61 Å². The van der Waals surface area contributed by atoms with Gasteiger partial charge in [-0.1, -0.05) is 60.5 Å². The smallest absolute Gasteiger partial charge is 0.335 e. The summed E-state index contributed by atoms with van der Waals surface area (Å²) in [4.78, 5) is 25.5. The number of rotatable bonds is 10. The Morgan fingerprint density at radius 2 is 1.66 bits per heavy atom. The van der Waals surface area contributed by atoms with Crippen LogP contribution in [0.5, 0.6) is 0 Å². The molecule has 2 aromatic carbocycles. The average Bonchev–Trinajstić information content (AvgIpc) is 2.89. The van der Waals surface area contributed by atoms with Gasteiger partial charge in [-0.15, -0.1) is 0 Å². The Kier molecular flexibility index (Phi) is 12.3. The first kappa shape index (κ1) is 31.4. The Morgan fingerprint density at radius 1 is 1.03 bits per heavy atom. The molecule has 0 fully saturated rings. The first-order valence-corrected chi connectivity index (χ1v) is 14.0. The van der Waals surface area contributed by atoms with Crippen molar-refractivity contribution in [3.63, 3.8) is 0 Å². The Labute approximate surface area is 228 Å². The fourth-order valence-electron chi connectivity index (χ4n) is 4.14. The summed E-state index contributed by atoms with van der Waals surface area (Å²) in [5, 5.41) is 9.98. The summed E-state index contributed by atoms with van der Waals surface area (Å²) in [7, 11) is -4.00. The van der Waals surface area contributed by atoms with Crippen molar-refractivity contribution >= 4 is 33.5 Å². The maximum Gasteiger partial charge on any atom is 0.335 e. The molecule has 38 heavy (non-hydrogen) atoms. The number of ketones is 1. The summed E-state index contributed by atoms with van der Waals surface area (Å²) >= 11 is 6.44. The monoisotopic (exact) mass is 564 g/mol. The van der Waals surface area contributed by atoms with Crippen molar-refractivity contribution in [1.29, 1.82) is 0 Å². The van der Waals surface area contributed by atoms with Crippen molar-refractivity contribution < 1.29 is 37.1 Å². The van der Waals surface area contributed by atoms with Crippen molar-refractivity contribution in [2.45, 2.75) is 44.4 Å². The van der Waals surface area contributed by atoms with Crippen molar-refractivity contribution in [3.8, 4) is 0 Å². The van der Waals surface area contributed by atoms with E-state index in [1.807, 2.05) is 19.9 Å². The Hall–Kier alpha value is -2.82. The number of aliphatic hydroxyl groups excluding tert-OH is 1. The molecule has 10 heteroatoms. The van der Waals surface area contributed by atoms with Crippen LogP contribution in [0.2, 0.25) is 5.02 Å². The molecule has 0 aromatic heterocycles. The van der Waals surface area contributed by atoms with Crippen LogP contribution in [0.4, 0.5) is 0 Å². The van der Waals surface area contributed by atoms with E-state index in [0.29, 0.717) is 34.8 Å². The number of allylic oxidation sites excluding steroid dienone is 1. The first-order valence-electron chi connectivity index (χ1n) is 12.1. The van der Waals surface area contributed by atoms with Crippen molar-refractivity contribution in [2.75, 3.05) is 26.4 Å². The summed E-state index contributed by atoms with van der Waals surface area (Å²) < 4.78 is 40.3. The Morgan fingerprint density at radius 3 is 2.18 bits per heavy atom. The molecule has 3 rings (SSSR count). The maximum absolute atomic E-state index is 12.9. The summed E-state index contributed by atoms with van der Waals surface area (Å²) in [6.07, 6.45) is 1.28. The lowest BCUT2D eigenvalue weighted by atomic mass is 9.73. The van der Waals surface area contributed by atoms with E-state index in [4.69, 9.17) is 25.6 Å². The van der Waals surface area contributed by atoms with Gasteiger partial charge in [-0.2, -0.15) is 8.42 Å². The molecule has 1 unspecified atom stereocenters. The molecule has 0 bridgehead atoms. The van der Waals surface area contributed by atoms with Gasteiger partial charge in [0, 0.05) is 23.1 Å². The second kappa shape index (κ2) is 14.9. The van der Waals surface area contributed by atoms with Crippen LogP contribution in [0.25, 0.3) is 0 Å². The highest BCUT2D eigenvalue weighted by atomic mass is 35.5. The van der Waals surface area contributed by atoms with E-state index in [1.165, 1.54) is 12.1 Å². The normalized spacial score (nSPS) is 15.6. The topological polar surface area (TPSA) is 127 Å². The SMILES string of the molecule is CCCOCC1=C(C(=O)OCC)C(c2ccccc2Cl)C(C(=O)CO)=C(C)C1.O=S(=O)(O)c1ccccc1. The van der Waals surface area contributed by atoms with Crippen LogP contribution < -0.4 is 0 Å². The highest BCUT2D eigenvalue weighted by molar-refractivity contribution is 7.85. The number of carbonyl (C=O) groups is 2. The lowest BCUT2D eigenvalue weighted by Gasteiger charge is -2.31. The van der Waals surface area contributed by atoms with Gasteiger partial charge in [0.25, 0.3) is 10.1 Å². The minimum absolute atomic E-state index is 0.0741. The zero-order valence-electron chi connectivity index (χ0n) is 21.6. The van der Waals surface area contributed by atoms with Crippen LogP contribution in [0, 0.1) is 0 Å². The second-order valence-corrected chi connectivity index (χ2v) is 10.3. The van der Waals surface area contributed by atoms with Gasteiger partial charge < -0.3 is 14.6 Å². The van der Waals surface area contributed by atoms with E-state index in [0.717, 1.165) is 17.6 Å². The highest BCUT2D eigenvalue weighted by Gasteiger charge is 2.38. The predicted octanol–water partition coefficient (Wildman–Crippen LogP) is 4.92. The molecular weight excluding hydrogens is 532 g/mol. The number of hydrogen-bond acceptors (Lipinski definition) is 7. The van der Waals surface area contributed by atoms with E-state index >= 15 is 0 Å². The summed E-state index contributed by atoms with van der Waals surface area (Å²) in [6.45, 7) is 6.02. The van der Waals surface area contributed by atoms with Gasteiger partial charge in [0.15, 0.2) is 5.78 Å². The lowest BCUT2D eigenvalue weighted by molar-refractivity contribution is -0.138. The molecule has 0 radical (unpaired) electrons. The zero-order chi connectivity index (χ0) is 28.3. The molecule has 1 aliphatic rings. The molecule has 1 atom stereocenters. The third kappa shape index (κ3) is 8.34. The first-order chi connectivity index (χ1) is 18.1. The van der Waals surface area contributed by atoms with E-state index in [2.05, 4.69) is 0 Å². The van der Waals surface area contributed by atoms with E-state index in [9.17, 15) is 23.1 Å². The number of Topliss-reactive ketones (excluding diaryl/α,β-unsaturated/α-hetero) is 1. The Bertz CT molecular complexity index is 1280. The van der Waals surface area contributed by atoms with Gasteiger partial charge in [-0.05, 0) is 56.0 Å². The van der Waals surface area contributed by atoms with Crippen LogP contribution in [-0.4, -0.2) is 56.3 Å². The predicted molar refractivity (Wildman–Crippen MR) is 145 cm³/mol. The number of ether oxygens (including phenoxy) is 2. The van der Waals surface area contributed by atoms with Gasteiger partial charge in [0.05, 0.1) is 23.7 Å².